The SMILES string of the molecule is CN1C(=C(C#N)C(=O)CCC(=O)Nc2cc(C(F)(F)F)ccc2N2CCCC2)N(C)c2ccccc21. The number of nitriles is 1. The van der Waals surface area contributed by atoms with Gasteiger partial charge >= 0.3 is 6.18 Å². The Balaban J connectivity index is 1.50. The van der Waals surface area contributed by atoms with Crippen LogP contribution in [-0.2, 0) is 15.8 Å². The molecule has 4 rings (SSSR count). The Morgan fingerprint density at radius 1 is 0.972 bits per heavy atom. The van der Waals surface area contributed by atoms with Gasteiger partial charge in [0.2, 0.25) is 5.91 Å². The zero-order valence-electron chi connectivity index (χ0n) is 20.0. The fourth-order valence-corrected chi connectivity index (χ4v) is 4.67. The summed E-state index contributed by atoms with van der Waals surface area (Å²) in [5.74, 6) is -0.696. The fraction of sp³-hybridized carbons (Fsp3) is 0.346. The molecule has 0 atom stereocenters. The molecule has 0 bridgehead atoms. The van der Waals surface area contributed by atoms with Crippen LogP contribution in [0.2, 0.25) is 0 Å². The average molecular weight is 498 g/mol. The number of nitrogens with one attached hydrogen (secondary N) is 1. The van der Waals surface area contributed by atoms with Crippen molar-refractivity contribution in [1.29, 1.82) is 5.26 Å². The van der Waals surface area contributed by atoms with E-state index < -0.39 is 23.4 Å². The molecule has 2 aliphatic rings. The molecule has 2 aromatic rings. The first-order valence-electron chi connectivity index (χ1n) is 11.6. The van der Waals surface area contributed by atoms with Crippen molar-refractivity contribution >= 4 is 34.4 Å². The molecule has 0 aliphatic carbocycles. The van der Waals surface area contributed by atoms with Crippen molar-refractivity contribution in [3.8, 4) is 6.07 Å². The third-order valence-corrected chi connectivity index (χ3v) is 6.48. The highest BCUT2D eigenvalue weighted by atomic mass is 19.4. The van der Waals surface area contributed by atoms with Crippen LogP contribution in [0.25, 0.3) is 0 Å². The van der Waals surface area contributed by atoms with E-state index in [1.807, 2.05) is 35.2 Å². The molecule has 10 heteroatoms. The van der Waals surface area contributed by atoms with Crippen LogP contribution in [0.15, 0.2) is 53.9 Å². The highest BCUT2D eigenvalue weighted by Gasteiger charge is 2.33. The number of hydrogen-bond donors (Lipinski definition) is 1. The topological polar surface area (TPSA) is 79.7 Å². The fourth-order valence-electron chi connectivity index (χ4n) is 4.67. The molecule has 1 N–H and O–H groups in total. The highest BCUT2D eigenvalue weighted by molar-refractivity contribution is 6.05. The predicted octanol–water partition coefficient (Wildman–Crippen LogP) is 4.91. The Hall–Kier alpha value is -4.00. The standard InChI is InChI=1S/C26H26F3N5O2/c1-32-21-7-3-4-8-22(21)33(2)25(32)18(16-30)23(35)11-12-24(36)31-19-15-17(26(27,28)29)9-10-20(19)34-13-5-6-14-34/h3-4,7-10,15H,5-6,11-14H2,1-2H3,(H,31,36). The zero-order valence-corrected chi connectivity index (χ0v) is 20.0. The van der Waals surface area contributed by atoms with Crippen LogP contribution in [0.1, 0.15) is 31.2 Å². The van der Waals surface area contributed by atoms with E-state index in [-0.39, 0.29) is 24.1 Å². The van der Waals surface area contributed by atoms with Gasteiger partial charge in [0.25, 0.3) is 0 Å². The van der Waals surface area contributed by atoms with Gasteiger partial charge in [-0.15, -0.1) is 0 Å². The molecule has 0 radical (unpaired) electrons. The monoisotopic (exact) mass is 497 g/mol. The van der Waals surface area contributed by atoms with Crippen LogP contribution in [-0.4, -0.2) is 38.9 Å². The second kappa shape index (κ2) is 9.93. The molecule has 0 spiro atoms. The molecule has 2 heterocycles. The van der Waals surface area contributed by atoms with Crippen molar-refractivity contribution in [2.45, 2.75) is 31.9 Å². The van der Waals surface area contributed by atoms with Crippen LogP contribution in [0.5, 0.6) is 0 Å². The summed E-state index contributed by atoms with van der Waals surface area (Å²) in [6.07, 6.45) is -3.24. The summed E-state index contributed by atoms with van der Waals surface area (Å²) in [6.45, 7) is 1.38. The molecule has 36 heavy (non-hydrogen) atoms. The quantitative estimate of drug-likeness (QED) is 0.451. The van der Waals surface area contributed by atoms with Crippen molar-refractivity contribution in [2.24, 2.45) is 0 Å². The molecule has 0 saturated carbocycles. The molecule has 7 nitrogen and oxygen atoms in total. The van der Waals surface area contributed by atoms with Gasteiger partial charge in [-0.1, -0.05) is 12.1 Å². The minimum absolute atomic E-state index is 0.0637. The summed E-state index contributed by atoms with van der Waals surface area (Å²) in [5, 5.41) is 12.3. The molecule has 1 fully saturated rings. The Morgan fingerprint density at radius 3 is 2.14 bits per heavy atom. The summed E-state index contributed by atoms with van der Waals surface area (Å²) < 4.78 is 39.9. The predicted molar refractivity (Wildman–Crippen MR) is 132 cm³/mol. The summed E-state index contributed by atoms with van der Waals surface area (Å²) >= 11 is 0. The number of fused-ring (bicyclic) bond motifs is 1. The van der Waals surface area contributed by atoms with Crippen molar-refractivity contribution in [3.05, 3.63) is 59.4 Å². The number of amides is 1. The zero-order chi connectivity index (χ0) is 26.0. The van der Waals surface area contributed by atoms with E-state index in [0.717, 1.165) is 36.3 Å². The summed E-state index contributed by atoms with van der Waals surface area (Å²) in [4.78, 5) is 31.1. The molecule has 0 aromatic heterocycles. The summed E-state index contributed by atoms with van der Waals surface area (Å²) in [5.41, 5.74) is 1.32. The molecule has 1 amide bonds. The number of para-hydroxylation sites is 2. The van der Waals surface area contributed by atoms with E-state index in [4.69, 9.17) is 0 Å². The van der Waals surface area contributed by atoms with Gasteiger partial charge in [0, 0.05) is 40.0 Å². The largest absolute Gasteiger partial charge is 0.416 e. The maximum atomic E-state index is 13.3. The van der Waals surface area contributed by atoms with E-state index >= 15 is 0 Å². The number of carbonyl (C=O) groups excluding carboxylic acids is 2. The van der Waals surface area contributed by atoms with Gasteiger partial charge in [-0.2, -0.15) is 18.4 Å². The number of nitrogens with zero attached hydrogens (tertiary/aromatic N) is 4. The lowest BCUT2D eigenvalue weighted by atomic mass is 10.1. The van der Waals surface area contributed by atoms with Gasteiger partial charge in [0.1, 0.15) is 17.5 Å². The van der Waals surface area contributed by atoms with Gasteiger partial charge in [0.15, 0.2) is 5.78 Å². The lowest BCUT2D eigenvalue weighted by Crippen LogP contribution is -2.26. The normalized spacial score (nSPS) is 15.1. The number of Topliss-reactive ketones (excluding diaryl/α,β-unsaturated/α-hetero) is 1. The first kappa shape index (κ1) is 25.1. The van der Waals surface area contributed by atoms with Crippen LogP contribution >= 0.6 is 0 Å². The van der Waals surface area contributed by atoms with Gasteiger partial charge in [0.05, 0.1) is 28.3 Å². The average Bonchev–Trinajstić information content (AvgIpc) is 3.46. The number of rotatable bonds is 6. The lowest BCUT2D eigenvalue weighted by Gasteiger charge is -2.23. The Bertz CT molecular complexity index is 1230. The molecule has 2 aromatic carbocycles. The van der Waals surface area contributed by atoms with Crippen LogP contribution < -0.4 is 20.0 Å². The number of allylic oxidation sites excluding steroid dienone is 1. The maximum Gasteiger partial charge on any atom is 0.416 e. The van der Waals surface area contributed by atoms with E-state index in [2.05, 4.69) is 5.32 Å². The number of benzene rings is 2. The molecular formula is C26H26F3N5O2. The smallest absolute Gasteiger partial charge is 0.370 e. The summed E-state index contributed by atoms with van der Waals surface area (Å²) in [6, 6.07) is 12.7. The van der Waals surface area contributed by atoms with Crippen LogP contribution in [0, 0.1) is 11.3 Å². The second-order valence-corrected chi connectivity index (χ2v) is 8.81. The maximum absolute atomic E-state index is 13.3. The minimum atomic E-state index is -4.55. The third-order valence-electron chi connectivity index (χ3n) is 6.48. The Labute approximate surface area is 207 Å². The highest BCUT2D eigenvalue weighted by Crippen LogP contribution is 2.40. The minimum Gasteiger partial charge on any atom is -0.370 e. The molecule has 2 aliphatic heterocycles. The third kappa shape index (κ3) is 4.87. The number of alkyl halides is 3. The van der Waals surface area contributed by atoms with E-state index in [9.17, 15) is 28.0 Å². The number of halogens is 3. The number of carbonyl (C=O) groups is 2. The van der Waals surface area contributed by atoms with Crippen molar-refractivity contribution in [1.82, 2.24) is 0 Å². The lowest BCUT2D eigenvalue weighted by molar-refractivity contribution is -0.137. The molecule has 188 valence electrons. The van der Waals surface area contributed by atoms with Crippen LogP contribution in [0.4, 0.5) is 35.9 Å². The molecule has 0 unspecified atom stereocenters. The van der Waals surface area contributed by atoms with Crippen molar-refractivity contribution < 1.29 is 22.8 Å². The first-order chi connectivity index (χ1) is 17.1. The second-order valence-electron chi connectivity index (χ2n) is 8.81. The summed E-state index contributed by atoms with van der Waals surface area (Å²) in [7, 11) is 3.50. The van der Waals surface area contributed by atoms with E-state index in [1.54, 1.807) is 23.9 Å². The van der Waals surface area contributed by atoms with E-state index in [1.165, 1.54) is 6.07 Å². The Morgan fingerprint density at radius 2 is 1.58 bits per heavy atom. The number of hydrogen-bond acceptors (Lipinski definition) is 6. The first-order valence-corrected chi connectivity index (χ1v) is 11.6. The van der Waals surface area contributed by atoms with E-state index in [0.29, 0.717) is 24.6 Å². The molecule has 1 saturated heterocycles. The Kier molecular flexibility index (Phi) is 6.93. The molecular weight excluding hydrogens is 471 g/mol. The van der Waals surface area contributed by atoms with Gasteiger partial charge in [-0.3, -0.25) is 9.59 Å². The van der Waals surface area contributed by atoms with Gasteiger partial charge in [-0.25, -0.2) is 0 Å². The number of ketones is 1. The van der Waals surface area contributed by atoms with Crippen molar-refractivity contribution in [3.63, 3.8) is 0 Å². The number of anilines is 4. The van der Waals surface area contributed by atoms with Gasteiger partial charge in [-0.05, 0) is 43.2 Å². The van der Waals surface area contributed by atoms with Crippen molar-refractivity contribution in [2.75, 3.05) is 47.2 Å². The van der Waals surface area contributed by atoms with Gasteiger partial charge < -0.3 is 20.0 Å². The van der Waals surface area contributed by atoms with Crippen LogP contribution in [0.3, 0.4) is 0 Å².